The van der Waals surface area contributed by atoms with Crippen molar-refractivity contribution in [2.24, 2.45) is 28.6 Å². The maximum absolute atomic E-state index is 11.6. The number of carbonyl (C=O) groups is 2. The first kappa shape index (κ1) is 20.4. The first-order valence-electron chi connectivity index (χ1n) is 10.8. The van der Waals surface area contributed by atoms with Crippen LogP contribution in [-0.4, -0.2) is 29.0 Å². The molecule has 0 aromatic heterocycles. The number of hydrogen-bond acceptors (Lipinski definition) is 4. The minimum atomic E-state index is -0.172. The van der Waals surface area contributed by atoms with Crippen molar-refractivity contribution in [2.75, 3.05) is 0 Å². The zero-order chi connectivity index (χ0) is 20.3. The molecule has 3 saturated carbocycles. The van der Waals surface area contributed by atoms with Crippen LogP contribution in [0, 0.1) is 28.6 Å². The van der Waals surface area contributed by atoms with Crippen molar-refractivity contribution < 1.29 is 19.1 Å². The van der Waals surface area contributed by atoms with E-state index in [1.165, 1.54) is 25.8 Å². The Morgan fingerprint density at radius 3 is 2.39 bits per heavy atom. The van der Waals surface area contributed by atoms with E-state index in [0.29, 0.717) is 22.6 Å². The molecular weight excluding hydrogens is 420 g/mol. The van der Waals surface area contributed by atoms with Gasteiger partial charge in [0.25, 0.3) is 0 Å². The van der Waals surface area contributed by atoms with E-state index in [2.05, 4.69) is 35.9 Å². The van der Waals surface area contributed by atoms with Crippen molar-refractivity contribution >= 4 is 27.9 Å². The van der Waals surface area contributed by atoms with Gasteiger partial charge in [0.2, 0.25) is 0 Å². The predicted octanol–water partition coefficient (Wildman–Crippen LogP) is 5.19. The highest BCUT2D eigenvalue weighted by atomic mass is 79.9. The number of rotatable bonds is 2. The van der Waals surface area contributed by atoms with Crippen LogP contribution in [0.3, 0.4) is 0 Å². The SMILES string of the molecule is CC(=O)O[C@H]1CC[C@@]2(C)C(=CC(Br)C3C2CC[C@@]2(C)C3CC[C@@H]2OC(C)=O)C1. The summed E-state index contributed by atoms with van der Waals surface area (Å²) < 4.78 is 11.3. The number of fused-ring (bicyclic) bond motifs is 5. The molecule has 0 aromatic carbocycles. The van der Waals surface area contributed by atoms with E-state index in [0.717, 1.165) is 38.5 Å². The number of halogens is 1. The topological polar surface area (TPSA) is 52.6 Å². The fraction of sp³-hybridized carbons (Fsp3) is 0.826. The summed E-state index contributed by atoms with van der Waals surface area (Å²) in [5.41, 5.74) is 1.77. The first-order chi connectivity index (χ1) is 13.1. The molecule has 28 heavy (non-hydrogen) atoms. The Kier molecular flexibility index (Phi) is 5.21. The van der Waals surface area contributed by atoms with Gasteiger partial charge >= 0.3 is 11.9 Å². The summed E-state index contributed by atoms with van der Waals surface area (Å²) in [5.74, 6) is 1.49. The molecule has 4 aliphatic carbocycles. The van der Waals surface area contributed by atoms with E-state index in [-0.39, 0.29) is 35.0 Å². The fourth-order valence-corrected chi connectivity index (χ4v) is 8.31. The summed E-state index contributed by atoms with van der Waals surface area (Å²) in [7, 11) is 0. The Bertz CT molecular complexity index is 703. The molecule has 4 unspecified atom stereocenters. The zero-order valence-electron chi connectivity index (χ0n) is 17.5. The molecule has 0 N–H and O–H groups in total. The van der Waals surface area contributed by atoms with Gasteiger partial charge in [-0.2, -0.15) is 0 Å². The molecule has 156 valence electrons. The van der Waals surface area contributed by atoms with Crippen LogP contribution in [0.4, 0.5) is 0 Å². The highest BCUT2D eigenvalue weighted by Crippen LogP contribution is 2.66. The molecule has 4 nitrogen and oxygen atoms in total. The molecule has 3 fully saturated rings. The lowest BCUT2D eigenvalue weighted by molar-refractivity contribution is -0.156. The molecule has 0 radical (unpaired) electrons. The lowest BCUT2D eigenvalue weighted by Gasteiger charge is -2.59. The number of esters is 2. The number of allylic oxidation sites excluding steroid dienone is 1. The highest BCUT2D eigenvalue weighted by molar-refractivity contribution is 9.09. The lowest BCUT2D eigenvalue weighted by Crippen LogP contribution is -2.54. The Hall–Kier alpha value is -0.840. The minimum absolute atomic E-state index is 0.0294. The van der Waals surface area contributed by atoms with E-state index >= 15 is 0 Å². The predicted molar refractivity (Wildman–Crippen MR) is 111 cm³/mol. The number of alkyl halides is 1. The summed E-state index contributed by atoms with van der Waals surface area (Å²) in [5, 5.41) is 0. The Morgan fingerprint density at radius 2 is 1.71 bits per heavy atom. The largest absolute Gasteiger partial charge is 0.462 e. The van der Waals surface area contributed by atoms with Gasteiger partial charge < -0.3 is 9.47 Å². The van der Waals surface area contributed by atoms with Crippen molar-refractivity contribution in [1.82, 2.24) is 0 Å². The maximum Gasteiger partial charge on any atom is 0.302 e. The molecule has 4 rings (SSSR count). The average Bonchev–Trinajstić information content (AvgIpc) is 2.92. The molecular formula is C23H33BrO4. The number of ether oxygens (including phenoxy) is 2. The minimum Gasteiger partial charge on any atom is -0.462 e. The molecule has 0 saturated heterocycles. The van der Waals surface area contributed by atoms with Crippen molar-refractivity contribution in [3.8, 4) is 0 Å². The van der Waals surface area contributed by atoms with Gasteiger partial charge in [-0.15, -0.1) is 0 Å². The van der Waals surface area contributed by atoms with Crippen LogP contribution in [0.5, 0.6) is 0 Å². The first-order valence-corrected chi connectivity index (χ1v) is 11.8. The zero-order valence-corrected chi connectivity index (χ0v) is 19.1. The van der Waals surface area contributed by atoms with Crippen molar-refractivity contribution in [3.05, 3.63) is 11.6 Å². The van der Waals surface area contributed by atoms with Gasteiger partial charge in [0.15, 0.2) is 0 Å². The summed E-state index contributed by atoms with van der Waals surface area (Å²) >= 11 is 4.03. The molecule has 8 atom stereocenters. The summed E-state index contributed by atoms with van der Waals surface area (Å²) in [6.07, 6.45) is 9.90. The second-order valence-corrected chi connectivity index (χ2v) is 11.1. The van der Waals surface area contributed by atoms with E-state index in [1.807, 2.05) is 0 Å². The number of carbonyl (C=O) groups excluding carboxylic acids is 2. The van der Waals surface area contributed by atoms with Gasteiger partial charge in [-0.1, -0.05) is 41.4 Å². The van der Waals surface area contributed by atoms with Gasteiger partial charge in [0.1, 0.15) is 12.2 Å². The summed E-state index contributed by atoms with van der Waals surface area (Å²) in [4.78, 5) is 23.4. The summed E-state index contributed by atoms with van der Waals surface area (Å²) in [6.45, 7) is 7.84. The molecule has 0 aliphatic heterocycles. The normalized spacial score (nSPS) is 47.2. The third-order valence-corrected chi connectivity index (χ3v) is 9.47. The van der Waals surface area contributed by atoms with Gasteiger partial charge in [0, 0.05) is 30.5 Å². The third-order valence-electron chi connectivity index (χ3n) is 8.60. The van der Waals surface area contributed by atoms with E-state index < -0.39 is 0 Å². The standard InChI is InChI=1S/C23H33BrO4/c1-13(25)27-16-7-9-22(3)15(11-16)12-19(24)21-17-5-6-20(28-14(2)26)23(17,4)10-8-18(21)22/h12,16-21H,5-11H2,1-4H3/t16-,17?,18?,19?,20-,21?,22-,23-/m0/s1. The molecule has 0 spiro atoms. The van der Waals surface area contributed by atoms with Crippen LogP contribution in [0.25, 0.3) is 0 Å². The molecule has 0 aromatic rings. The second kappa shape index (κ2) is 7.14. The van der Waals surface area contributed by atoms with Gasteiger partial charge in [-0.25, -0.2) is 0 Å². The third kappa shape index (κ3) is 3.16. The second-order valence-electron chi connectivity index (χ2n) is 10.0. The average molecular weight is 453 g/mol. The van der Waals surface area contributed by atoms with Crippen LogP contribution in [0.2, 0.25) is 0 Å². The molecule has 0 heterocycles. The van der Waals surface area contributed by atoms with Gasteiger partial charge in [0.05, 0.1) is 0 Å². The highest BCUT2D eigenvalue weighted by Gasteiger charge is 2.61. The van der Waals surface area contributed by atoms with Crippen LogP contribution in [-0.2, 0) is 19.1 Å². The smallest absolute Gasteiger partial charge is 0.302 e. The Labute approximate surface area is 176 Å². The monoisotopic (exact) mass is 452 g/mol. The lowest BCUT2D eigenvalue weighted by atomic mass is 9.48. The van der Waals surface area contributed by atoms with Crippen molar-refractivity contribution in [3.63, 3.8) is 0 Å². The van der Waals surface area contributed by atoms with Gasteiger partial charge in [-0.05, 0) is 61.7 Å². The molecule has 0 amide bonds. The van der Waals surface area contributed by atoms with E-state index in [1.54, 1.807) is 0 Å². The summed E-state index contributed by atoms with van der Waals surface area (Å²) in [6, 6.07) is 0. The quantitative estimate of drug-likeness (QED) is 0.328. The number of hydrogen-bond donors (Lipinski definition) is 0. The Balaban J connectivity index is 1.61. The van der Waals surface area contributed by atoms with Crippen LogP contribution in [0.1, 0.15) is 72.6 Å². The van der Waals surface area contributed by atoms with Crippen molar-refractivity contribution in [1.29, 1.82) is 0 Å². The van der Waals surface area contributed by atoms with Crippen molar-refractivity contribution in [2.45, 2.75) is 89.7 Å². The molecule has 5 heteroatoms. The van der Waals surface area contributed by atoms with E-state index in [4.69, 9.17) is 9.47 Å². The van der Waals surface area contributed by atoms with E-state index in [9.17, 15) is 9.59 Å². The van der Waals surface area contributed by atoms with Gasteiger partial charge in [-0.3, -0.25) is 9.59 Å². The fourth-order valence-electron chi connectivity index (χ4n) is 7.25. The molecule has 0 bridgehead atoms. The maximum atomic E-state index is 11.6. The van der Waals surface area contributed by atoms with Crippen LogP contribution in [0.15, 0.2) is 11.6 Å². The van der Waals surface area contributed by atoms with Crippen LogP contribution >= 0.6 is 15.9 Å². The van der Waals surface area contributed by atoms with Crippen LogP contribution < -0.4 is 0 Å². The Morgan fingerprint density at radius 1 is 1.00 bits per heavy atom. The molecule has 4 aliphatic rings.